The molecule has 0 saturated carbocycles. The second-order valence-corrected chi connectivity index (χ2v) is 7.56. The number of anilines is 1. The summed E-state index contributed by atoms with van der Waals surface area (Å²) in [6, 6.07) is 13.0. The highest BCUT2D eigenvalue weighted by Crippen LogP contribution is 2.43. The summed E-state index contributed by atoms with van der Waals surface area (Å²) < 4.78 is 0. The zero-order valence-corrected chi connectivity index (χ0v) is 15.7. The summed E-state index contributed by atoms with van der Waals surface area (Å²) in [5.41, 5.74) is 5.58. The third-order valence-corrected chi connectivity index (χ3v) is 5.44. The van der Waals surface area contributed by atoms with E-state index in [0.717, 1.165) is 46.5 Å². The quantitative estimate of drug-likeness (QED) is 0.854. The van der Waals surface area contributed by atoms with Crippen LogP contribution in [0, 0.1) is 13.8 Å². The number of benzene rings is 2. The van der Waals surface area contributed by atoms with Gasteiger partial charge in [-0.25, -0.2) is 0 Å². The number of Topliss-reactive ketones (excluding diaryl/α,β-unsaturated/α-hetero) is 1. The number of nitrogens with zero attached hydrogens (tertiary/aromatic N) is 1. The van der Waals surface area contributed by atoms with Gasteiger partial charge in [0, 0.05) is 35.7 Å². The van der Waals surface area contributed by atoms with Gasteiger partial charge in [-0.05, 0) is 67.6 Å². The van der Waals surface area contributed by atoms with E-state index in [2.05, 4.69) is 6.07 Å². The fourth-order valence-corrected chi connectivity index (χ4v) is 4.36. The van der Waals surface area contributed by atoms with E-state index in [4.69, 9.17) is 0 Å². The van der Waals surface area contributed by atoms with E-state index in [1.807, 2.05) is 38.1 Å². The number of phenols is 1. The lowest BCUT2D eigenvalue weighted by atomic mass is 9.77. The predicted octanol–water partition coefficient (Wildman–Crippen LogP) is 4.54. The zero-order chi connectivity index (χ0) is 19.1. The van der Waals surface area contributed by atoms with Crippen LogP contribution in [0.5, 0.6) is 5.75 Å². The molecule has 27 heavy (non-hydrogen) atoms. The maximum atomic E-state index is 13.2. The van der Waals surface area contributed by atoms with Gasteiger partial charge in [0.25, 0.3) is 0 Å². The molecule has 4 rings (SSSR count). The van der Waals surface area contributed by atoms with Crippen molar-refractivity contribution in [2.24, 2.45) is 0 Å². The number of carbonyl (C=O) groups excluding carboxylic acids is 2. The van der Waals surface area contributed by atoms with Gasteiger partial charge in [0.2, 0.25) is 5.91 Å². The molecule has 4 heteroatoms. The molecule has 138 valence electrons. The average Bonchev–Trinajstić information content (AvgIpc) is 2.61. The van der Waals surface area contributed by atoms with Crippen LogP contribution in [0.1, 0.15) is 48.3 Å². The van der Waals surface area contributed by atoms with Crippen molar-refractivity contribution in [3.63, 3.8) is 0 Å². The van der Waals surface area contributed by atoms with Crippen molar-refractivity contribution in [3.05, 3.63) is 70.4 Å². The van der Waals surface area contributed by atoms with Crippen molar-refractivity contribution in [1.82, 2.24) is 0 Å². The molecule has 0 bridgehead atoms. The Balaban J connectivity index is 1.86. The molecular formula is C23H23NO3. The van der Waals surface area contributed by atoms with Crippen LogP contribution in [-0.4, -0.2) is 16.8 Å². The van der Waals surface area contributed by atoms with Crippen LogP contribution >= 0.6 is 0 Å². The molecular weight excluding hydrogens is 338 g/mol. The van der Waals surface area contributed by atoms with E-state index in [9.17, 15) is 14.7 Å². The molecule has 0 radical (unpaired) electrons. The molecule has 0 aromatic heterocycles. The molecule has 0 fully saturated rings. The first-order chi connectivity index (χ1) is 12.9. The molecule has 1 N–H and O–H groups in total. The van der Waals surface area contributed by atoms with Crippen molar-refractivity contribution < 1.29 is 14.7 Å². The highest BCUT2D eigenvalue weighted by Gasteiger charge is 2.39. The van der Waals surface area contributed by atoms with Crippen LogP contribution in [-0.2, 0) is 9.59 Å². The summed E-state index contributed by atoms with van der Waals surface area (Å²) in [6.07, 6.45) is 2.30. The first kappa shape index (κ1) is 17.5. The van der Waals surface area contributed by atoms with Gasteiger partial charge in [0.05, 0.1) is 0 Å². The Hall–Kier alpha value is -2.88. The third kappa shape index (κ3) is 3.16. The molecule has 1 atom stereocenters. The maximum absolute atomic E-state index is 13.2. The molecule has 1 heterocycles. The number of ketones is 1. The summed E-state index contributed by atoms with van der Waals surface area (Å²) in [5.74, 6) is 0.104. The second-order valence-electron chi connectivity index (χ2n) is 7.56. The highest BCUT2D eigenvalue weighted by atomic mass is 16.3. The number of aryl methyl sites for hydroxylation is 2. The smallest absolute Gasteiger partial charge is 0.232 e. The summed E-state index contributed by atoms with van der Waals surface area (Å²) in [4.78, 5) is 27.8. The minimum Gasteiger partial charge on any atom is -0.508 e. The first-order valence-electron chi connectivity index (χ1n) is 9.40. The summed E-state index contributed by atoms with van der Waals surface area (Å²) in [6.45, 7) is 4.04. The predicted molar refractivity (Wildman–Crippen MR) is 105 cm³/mol. The van der Waals surface area contributed by atoms with Crippen molar-refractivity contribution >= 4 is 17.4 Å². The van der Waals surface area contributed by atoms with Crippen LogP contribution < -0.4 is 4.90 Å². The molecule has 0 spiro atoms. The van der Waals surface area contributed by atoms with E-state index >= 15 is 0 Å². The lowest BCUT2D eigenvalue weighted by molar-refractivity contribution is -0.119. The normalized spacial score (nSPS) is 20.1. The highest BCUT2D eigenvalue weighted by molar-refractivity contribution is 6.07. The van der Waals surface area contributed by atoms with E-state index in [0.29, 0.717) is 6.42 Å². The number of allylic oxidation sites excluding steroid dienone is 2. The Kier molecular flexibility index (Phi) is 4.34. The van der Waals surface area contributed by atoms with Gasteiger partial charge in [-0.3, -0.25) is 14.5 Å². The number of carbonyl (C=O) groups is 2. The fourth-order valence-electron chi connectivity index (χ4n) is 4.36. The Morgan fingerprint density at radius 1 is 0.963 bits per heavy atom. The maximum Gasteiger partial charge on any atom is 0.232 e. The minimum atomic E-state index is -0.233. The summed E-state index contributed by atoms with van der Waals surface area (Å²) in [7, 11) is 0. The Labute approximate surface area is 159 Å². The van der Waals surface area contributed by atoms with E-state index in [1.54, 1.807) is 17.0 Å². The fraction of sp³-hybridized carbons (Fsp3) is 0.304. The number of phenolic OH excluding ortho intramolecular Hbond substituents is 1. The standard InChI is InChI=1S/C23H23NO3/c1-14-10-15(2)12-17(11-14)24-20-4-3-5-21(26)23(20)19(13-22(24)27)16-6-8-18(25)9-7-16/h6-12,19,25H,3-5,13H2,1-2H3. The largest absolute Gasteiger partial charge is 0.508 e. The van der Waals surface area contributed by atoms with Gasteiger partial charge in [0.15, 0.2) is 5.78 Å². The van der Waals surface area contributed by atoms with Gasteiger partial charge < -0.3 is 5.11 Å². The van der Waals surface area contributed by atoms with Crippen molar-refractivity contribution in [3.8, 4) is 5.75 Å². The molecule has 1 aliphatic carbocycles. The molecule has 2 aromatic rings. The summed E-state index contributed by atoms with van der Waals surface area (Å²) >= 11 is 0. The number of amides is 1. The van der Waals surface area contributed by atoms with Gasteiger partial charge in [0.1, 0.15) is 5.75 Å². The van der Waals surface area contributed by atoms with Crippen LogP contribution in [0.25, 0.3) is 0 Å². The lowest BCUT2D eigenvalue weighted by Gasteiger charge is -2.38. The van der Waals surface area contributed by atoms with E-state index < -0.39 is 0 Å². The number of hydrogen-bond donors (Lipinski definition) is 1. The lowest BCUT2D eigenvalue weighted by Crippen LogP contribution is -2.40. The van der Waals surface area contributed by atoms with E-state index in [1.165, 1.54) is 0 Å². The van der Waals surface area contributed by atoms with E-state index in [-0.39, 0.29) is 29.8 Å². The third-order valence-electron chi connectivity index (χ3n) is 5.44. The van der Waals surface area contributed by atoms with Crippen molar-refractivity contribution in [2.75, 3.05) is 4.90 Å². The average molecular weight is 361 g/mol. The molecule has 1 aliphatic heterocycles. The molecule has 0 saturated heterocycles. The Morgan fingerprint density at radius 2 is 1.63 bits per heavy atom. The number of aromatic hydroxyl groups is 1. The molecule has 2 aromatic carbocycles. The van der Waals surface area contributed by atoms with Crippen LogP contribution in [0.3, 0.4) is 0 Å². The van der Waals surface area contributed by atoms with Crippen LogP contribution in [0.4, 0.5) is 5.69 Å². The van der Waals surface area contributed by atoms with Gasteiger partial charge in [-0.15, -0.1) is 0 Å². The number of hydrogen-bond acceptors (Lipinski definition) is 3. The van der Waals surface area contributed by atoms with Crippen molar-refractivity contribution in [2.45, 2.75) is 45.4 Å². The zero-order valence-electron chi connectivity index (χ0n) is 15.7. The van der Waals surface area contributed by atoms with Crippen LogP contribution in [0.15, 0.2) is 53.7 Å². The molecule has 1 amide bonds. The van der Waals surface area contributed by atoms with Crippen molar-refractivity contribution in [1.29, 1.82) is 0 Å². The Morgan fingerprint density at radius 3 is 2.30 bits per heavy atom. The van der Waals surface area contributed by atoms with Gasteiger partial charge in [-0.2, -0.15) is 0 Å². The Bertz CT molecular complexity index is 936. The SMILES string of the molecule is Cc1cc(C)cc(N2C(=O)CC(c3ccc(O)cc3)C3=C2CCCC3=O)c1. The monoisotopic (exact) mass is 361 g/mol. The molecule has 2 aliphatic rings. The second kappa shape index (κ2) is 6.69. The van der Waals surface area contributed by atoms with Crippen LogP contribution in [0.2, 0.25) is 0 Å². The number of rotatable bonds is 2. The topological polar surface area (TPSA) is 57.6 Å². The minimum absolute atomic E-state index is 0.0199. The molecule has 4 nitrogen and oxygen atoms in total. The first-order valence-corrected chi connectivity index (χ1v) is 9.40. The van der Waals surface area contributed by atoms with Gasteiger partial charge >= 0.3 is 0 Å². The molecule has 1 unspecified atom stereocenters. The summed E-state index contributed by atoms with van der Waals surface area (Å²) in [5, 5.41) is 9.58. The van der Waals surface area contributed by atoms with Gasteiger partial charge in [-0.1, -0.05) is 18.2 Å².